The van der Waals surface area contributed by atoms with Gasteiger partial charge in [0.15, 0.2) is 0 Å². The Kier molecular flexibility index (Phi) is 5.44. The predicted octanol–water partition coefficient (Wildman–Crippen LogP) is 3.41. The van der Waals surface area contributed by atoms with Crippen LogP contribution in [-0.4, -0.2) is 43.3 Å². The number of piperidine rings is 1. The van der Waals surface area contributed by atoms with E-state index in [4.69, 9.17) is 10.5 Å². The van der Waals surface area contributed by atoms with Crippen molar-refractivity contribution >= 4 is 11.4 Å². The summed E-state index contributed by atoms with van der Waals surface area (Å²) >= 11 is 0. The van der Waals surface area contributed by atoms with Crippen molar-refractivity contribution < 1.29 is 4.74 Å². The lowest BCUT2D eigenvalue weighted by Crippen LogP contribution is -2.46. The van der Waals surface area contributed by atoms with Crippen molar-refractivity contribution in [1.29, 1.82) is 0 Å². The maximum Gasteiger partial charge on any atom is 0.0578 e. The maximum atomic E-state index is 6.09. The van der Waals surface area contributed by atoms with E-state index in [2.05, 4.69) is 29.3 Å². The largest absolute Gasteiger partial charge is 0.397 e. The summed E-state index contributed by atoms with van der Waals surface area (Å²) in [6.45, 7) is 4.51. The fourth-order valence-corrected chi connectivity index (χ4v) is 4.07. The van der Waals surface area contributed by atoms with Crippen molar-refractivity contribution in [2.45, 2.75) is 63.6 Å². The van der Waals surface area contributed by atoms with Crippen LogP contribution in [0.3, 0.4) is 0 Å². The molecule has 3 rings (SSSR count). The van der Waals surface area contributed by atoms with E-state index in [9.17, 15) is 0 Å². The second-order valence-electron chi connectivity index (χ2n) is 7.21. The van der Waals surface area contributed by atoms with Gasteiger partial charge >= 0.3 is 0 Å². The molecule has 0 radical (unpaired) electrons. The fourth-order valence-electron chi connectivity index (χ4n) is 4.07. The van der Waals surface area contributed by atoms with Gasteiger partial charge < -0.3 is 20.7 Å². The second-order valence-corrected chi connectivity index (χ2v) is 7.21. The number of ether oxygens (including phenoxy) is 1. The standard InChI is InChI=1S/C19H31N3O/c1-14-3-8-18(20)19(13-14)21-15-9-11-22(12-10-15)16-4-6-17(23-2)7-5-16/h3,8,13,15-17,21H,4-7,9-12,20H2,1-2H3. The van der Waals surface area contributed by atoms with Gasteiger partial charge in [0, 0.05) is 32.3 Å². The van der Waals surface area contributed by atoms with Gasteiger partial charge in [0.25, 0.3) is 0 Å². The summed E-state index contributed by atoms with van der Waals surface area (Å²) in [5.74, 6) is 0. The number of methoxy groups -OCH3 is 1. The number of hydrogen-bond donors (Lipinski definition) is 2. The lowest BCUT2D eigenvalue weighted by atomic mass is 9.90. The van der Waals surface area contributed by atoms with E-state index in [0.29, 0.717) is 12.1 Å². The molecule has 1 heterocycles. The van der Waals surface area contributed by atoms with E-state index in [1.807, 2.05) is 13.2 Å². The van der Waals surface area contributed by atoms with Gasteiger partial charge in [-0.1, -0.05) is 6.07 Å². The van der Waals surface area contributed by atoms with Crippen molar-refractivity contribution in [2.75, 3.05) is 31.2 Å². The number of benzene rings is 1. The highest BCUT2D eigenvalue weighted by Crippen LogP contribution is 2.28. The van der Waals surface area contributed by atoms with Gasteiger partial charge in [-0.25, -0.2) is 0 Å². The minimum Gasteiger partial charge on any atom is -0.397 e. The Morgan fingerprint density at radius 2 is 1.78 bits per heavy atom. The van der Waals surface area contributed by atoms with Crippen LogP contribution in [0.1, 0.15) is 44.1 Å². The summed E-state index contributed by atoms with van der Waals surface area (Å²) in [6.07, 6.45) is 7.94. The molecule has 2 fully saturated rings. The molecule has 128 valence electrons. The van der Waals surface area contributed by atoms with Crippen molar-refractivity contribution in [2.24, 2.45) is 0 Å². The molecule has 1 saturated heterocycles. The highest BCUT2D eigenvalue weighted by atomic mass is 16.5. The fraction of sp³-hybridized carbons (Fsp3) is 0.684. The molecule has 0 bridgehead atoms. The highest BCUT2D eigenvalue weighted by molar-refractivity contribution is 5.67. The normalized spacial score (nSPS) is 27.0. The summed E-state index contributed by atoms with van der Waals surface area (Å²) in [5, 5.41) is 3.66. The first-order valence-electron chi connectivity index (χ1n) is 9.05. The van der Waals surface area contributed by atoms with E-state index in [1.165, 1.54) is 57.2 Å². The van der Waals surface area contributed by atoms with Crippen LogP contribution in [0.5, 0.6) is 0 Å². The minimum absolute atomic E-state index is 0.495. The monoisotopic (exact) mass is 317 g/mol. The molecule has 1 aliphatic heterocycles. The molecule has 1 aromatic rings. The highest BCUT2D eigenvalue weighted by Gasteiger charge is 2.28. The second kappa shape index (κ2) is 7.54. The average molecular weight is 317 g/mol. The maximum absolute atomic E-state index is 6.09. The molecule has 0 unspecified atom stereocenters. The molecule has 0 aromatic heterocycles. The zero-order valence-electron chi connectivity index (χ0n) is 14.6. The topological polar surface area (TPSA) is 50.5 Å². The minimum atomic E-state index is 0.495. The van der Waals surface area contributed by atoms with Gasteiger partial charge in [-0.15, -0.1) is 0 Å². The Labute approximate surface area is 140 Å². The van der Waals surface area contributed by atoms with Crippen molar-refractivity contribution in [1.82, 2.24) is 4.90 Å². The molecule has 4 heteroatoms. The predicted molar refractivity (Wildman–Crippen MR) is 96.9 cm³/mol. The van der Waals surface area contributed by atoms with Crippen LogP contribution >= 0.6 is 0 Å². The zero-order chi connectivity index (χ0) is 16.2. The van der Waals surface area contributed by atoms with Crippen LogP contribution in [0.25, 0.3) is 0 Å². The molecule has 23 heavy (non-hydrogen) atoms. The Bertz CT molecular complexity index is 503. The molecule has 2 aliphatic rings. The lowest BCUT2D eigenvalue weighted by molar-refractivity contribution is 0.0329. The van der Waals surface area contributed by atoms with Crippen LogP contribution in [0, 0.1) is 6.92 Å². The number of likely N-dealkylation sites (tertiary alicyclic amines) is 1. The van der Waals surface area contributed by atoms with Crippen LogP contribution in [0.4, 0.5) is 11.4 Å². The van der Waals surface area contributed by atoms with Gasteiger partial charge in [-0.05, 0) is 63.1 Å². The van der Waals surface area contributed by atoms with E-state index < -0.39 is 0 Å². The zero-order valence-corrected chi connectivity index (χ0v) is 14.6. The smallest absolute Gasteiger partial charge is 0.0578 e. The van der Waals surface area contributed by atoms with Gasteiger partial charge in [-0.2, -0.15) is 0 Å². The molecular weight excluding hydrogens is 286 g/mol. The van der Waals surface area contributed by atoms with Crippen LogP contribution < -0.4 is 11.1 Å². The third-order valence-electron chi connectivity index (χ3n) is 5.59. The van der Waals surface area contributed by atoms with Crippen LogP contribution in [0.2, 0.25) is 0 Å². The Morgan fingerprint density at radius 3 is 2.43 bits per heavy atom. The lowest BCUT2D eigenvalue weighted by Gasteiger charge is -2.41. The van der Waals surface area contributed by atoms with Gasteiger partial charge in [0.1, 0.15) is 0 Å². The number of aryl methyl sites for hydroxylation is 1. The molecule has 1 aliphatic carbocycles. The number of hydrogen-bond acceptors (Lipinski definition) is 4. The van der Waals surface area contributed by atoms with E-state index in [1.54, 1.807) is 0 Å². The van der Waals surface area contributed by atoms with Gasteiger partial charge in [0.2, 0.25) is 0 Å². The first-order valence-corrected chi connectivity index (χ1v) is 9.05. The summed E-state index contributed by atoms with van der Waals surface area (Å²) in [6, 6.07) is 7.55. The van der Waals surface area contributed by atoms with Gasteiger partial charge in [-0.3, -0.25) is 0 Å². The summed E-state index contributed by atoms with van der Waals surface area (Å²) in [5.41, 5.74) is 9.31. The van der Waals surface area contributed by atoms with Crippen molar-refractivity contribution in [3.05, 3.63) is 23.8 Å². The quantitative estimate of drug-likeness (QED) is 0.836. The Balaban J connectivity index is 1.48. The molecule has 1 saturated carbocycles. The summed E-state index contributed by atoms with van der Waals surface area (Å²) in [7, 11) is 1.85. The van der Waals surface area contributed by atoms with Crippen molar-refractivity contribution in [3.8, 4) is 0 Å². The summed E-state index contributed by atoms with van der Waals surface area (Å²) in [4.78, 5) is 2.70. The third-order valence-corrected chi connectivity index (χ3v) is 5.59. The number of nitrogens with one attached hydrogen (secondary N) is 1. The summed E-state index contributed by atoms with van der Waals surface area (Å²) < 4.78 is 5.49. The van der Waals surface area contributed by atoms with E-state index in [-0.39, 0.29) is 0 Å². The molecule has 3 N–H and O–H groups in total. The van der Waals surface area contributed by atoms with E-state index in [0.717, 1.165) is 17.4 Å². The Hall–Kier alpha value is -1.26. The molecule has 1 aromatic carbocycles. The van der Waals surface area contributed by atoms with Crippen molar-refractivity contribution in [3.63, 3.8) is 0 Å². The first kappa shape index (κ1) is 16.6. The average Bonchev–Trinajstić information content (AvgIpc) is 2.59. The first-order chi connectivity index (χ1) is 11.2. The number of rotatable bonds is 4. The number of nitrogens with zero attached hydrogens (tertiary/aromatic N) is 1. The number of anilines is 2. The molecule has 0 atom stereocenters. The van der Waals surface area contributed by atoms with Crippen LogP contribution in [-0.2, 0) is 4.74 Å². The molecule has 0 spiro atoms. The van der Waals surface area contributed by atoms with Gasteiger partial charge in [0.05, 0.1) is 17.5 Å². The molecule has 4 nitrogen and oxygen atoms in total. The third kappa shape index (κ3) is 4.18. The molecular formula is C19H31N3O. The van der Waals surface area contributed by atoms with E-state index >= 15 is 0 Å². The van der Waals surface area contributed by atoms with Crippen LogP contribution in [0.15, 0.2) is 18.2 Å². The number of nitrogen functional groups attached to an aromatic ring is 1. The number of nitrogens with two attached hydrogens (primary N) is 1. The molecule has 0 amide bonds. The SMILES string of the molecule is COC1CCC(N2CCC(Nc3cc(C)ccc3N)CC2)CC1. The Morgan fingerprint density at radius 1 is 1.09 bits per heavy atom.